The molecule has 2 rings (SSSR count). The summed E-state index contributed by atoms with van der Waals surface area (Å²) in [5.41, 5.74) is 0.958. The van der Waals surface area contributed by atoms with Crippen LogP contribution in [0, 0.1) is 5.92 Å². The number of carbonyl (C=O) groups is 1. The van der Waals surface area contributed by atoms with Gasteiger partial charge in [0.25, 0.3) is 0 Å². The number of alkyl halides is 1. The zero-order chi connectivity index (χ0) is 19.5. The molecule has 1 heterocycles. The molecule has 1 aliphatic heterocycles. The smallest absolute Gasteiger partial charge is 0.325 e. The summed E-state index contributed by atoms with van der Waals surface area (Å²) in [6, 6.07) is 7.40. The fraction of sp³-hybridized carbons (Fsp3) is 0.682. The van der Waals surface area contributed by atoms with E-state index in [1.807, 2.05) is 19.1 Å². The van der Waals surface area contributed by atoms with Crippen molar-refractivity contribution >= 4 is 21.9 Å². The van der Waals surface area contributed by atoms with Crippen LogP contribution in [0.1, 0.15) is 77.1 Å². The second-order valence-electron chi connectivity index (χ2n) is 7.31. The van der Waals surface area contributed by atoms with Crippen molar-refractivity contribution in [1.82, 2.24) is 0 Å². The van der Waals surface area contributed by atoms with Crippen LogP contribution < -0.4 is 4.74 Å². The largest absolute Gasteiger partial charge is 0.426 e. The van der Waals surface area contributed by atoms with E-state index in [9.17, 15) is 4.79 Å². The van der Waals surface area contributed by atoms with Crippen molar-refractivity contribution in [3.05, 3.63) is 29.8 Å². The Kier molecular flexibility index (Phi) is 10.4. The van der Waals surface area contributed by atoms with Gasteiger partial charge in [-0.15, -0.1) is 0 Å². The van der Waals surface area contributed by atoms with Crippen LogP contribution >= 0.6 is 15.9 Å². The van der Waals surface area contributed by atoms with Crippen molar-refractivity contribution in [1.29, 1.82) is 0 Å². The third-order valence-electron chi connectivity index (χ3n) is 4.85. The van der Waals surface area contributed by atoms with Crippen molar-refractivity contribution in [3.63, 3.8) is 0 Å². The normalized spacial score (nSPS) is 21.0. The summed E-state index contributed by atoms with van der Waals surface area (Å²) in [5.74, 6) is 0.791. The number of halogens is 1. The average Bonchev–Trinajstić information content (AvgIpc) is 2.69. The van der Waals surface area contributed by atoms with Gasteiger partial charge in [-0.25, -0.2) is 0 Å². The number of ether oxygens (including phenoxy) is 3. The molecule has 1 saturated heterocycles. The van der Waals surface area contributed by atoms with Gasteiger partial charge in [-0.3, -0.25) is 4.79 Å². The van der Waals surface area contributed by atoms with Crippen molar-refractivity contribution in [2.24, 2.45) is 5.92 Å². The number of hydrogen-bond donors (Lipinski definition) is 0. The van der Waals surface area contributed by atoms with E-state index in [2.05, 4.69) is 22.9 Å². The van der Waals surface area contributed by atoms with Gasteiger partial charge in [0.1, 0.15) is 10.6 Å². The topological polar surface area (TPSA) is 44.8 Å². The van der Waals surface area contributed by atoms with Crippen molar-refractivity contribution in [3.8, 4) is 5.75 Å². The van der Waals surface area contributed by atoms with Gasteiger partial charge in [0.2, 0.25) is 0 Å². The quantitative estimate of drug-likeness (QED) is 0.178. The maximum absolute atomic E-state index is 12.0. The Balaban J connectivity index is 1.72. The molecule has 27 heavy (non-hydrogen) atoms. The predicted octanol–water partition coefficient (Wildman–Crippen LogP) is 6.18. The molecule has 1 aliphatic rings. The fourth-order valence-corrected chi connectivity index (χ4v) is 3.73. The van der Waals surface area contributed by atoms with Gasteiger partial charge in [0.05, 0.1) is 13.2 Å². The van der Waals surface area contributed by atoms with E-state index in [-0.39, 0.29) is 17.1 Å². The molecule has 0 bridgehead atoms. The van der Waals surface area contributed by atoms with Crippen LogP contribution in [0.15, 0.2) is 24.3 Å². The van der Waals surface area contributed by atoms with Gasteiger partial charge in [-0.2, -0.15) is 0 Å². The number of benzene rings is 1. The first-order chi connectivity index (χ1) is 13.1. The summed E-state index contributed by atoms with van der Waals surface area (Å²) in [6.07, 6.45) is 9.06. The minimum atomic E-state index is -0.324. The van der Waals surface area contributed by atoms with E-state index in [0.29, 0.717) is 11.7 Å². The van der Waals surface area contributed by atoms with E-state index < -0.39 is 0 Å². The van der Waals surface area contributed by atoms with Crippen LogP contribution in [0.25, 0.3) is 0 Å². The zero-order valence-electron chi connectivity index (χ0n) is 16.6. The van der Waals surface area contributed by atoms with Crippen LogP contribution in [-0.2, 0) is 14.3 Å². The van der Waals surface area contributed by atoms with Crippen LogP contribution in [0.4, 0.5) is 0 Å². The van der Waals surface area contributed by atoms with Gasteiger partial charge in [0, 0.05) is 11.5 Å². The zero-order valence-corrected chi connectivity index (χ0v) is 18.2. The van der Waals surface area contributed by atoms with Crippen LogP contribution in [-0.4, -0.2) is 24.0 Å². The lowest BCUT2D eigenvalue weighted by Gasteiger charge is -2.29. The summed E-state index contributed by atoms with van der Waals surface area (Å²) in [6.45, 7) is 5.77. The molecule has 1 aromatic rings. The maximum atomic E-state index is 12.0. The SMILES string of the molecule is CCCCCCCC1COC(c2ccc(OC(=O)C(Br)CCC)cc2)OC1. The first-order valence-electron chi connectivity index (χ1n) is 10.3. The maximum Gasteiger partial charge on any atom is 0.325 e. The number of unbranched alkanes of at least 4 members (excludes halogenated alkanes) is 4. The average molecular weight is 441 g/mol. The van der Waals surface area contributed by atoms with Gasteiger partial charge < -0.3 is 14.2 Å². The third-order valence-corrected chi connectivity index (χ3v) is 5.68. The molecule has 0 N–H and O–H groups in total. The van der Waals surface area contributed by atoms with Crippen molar-refractivity contribution < 1.29 is 19.0 Å². The summed E-state index contributed by atoms with van der Waals surface area (Å²) in [4.78, 5) is 11.7. The molecule has 0 amide bonds. The highest BCUT2D eigenvalue weighted by Gasteiger charge is 2.23. The molecule has 1 atom stereocenters. The van der Waals surface area contributed by atoms with Crippen LogP contribution in [0.3, 0.4) is 0 Å². The number of hydrogen-bond acceptors (Lipinski definition) is 4. The minimum Gasteiger partial charge on any atom is -0.426 e. The summed E-state index contributed by atoms with van der Waals surface area (Å²) in [5, 5.41) is 0. The molecule has 0 radical (unpaired) electrons. The molecule has 152 valence electrons. The predicted molar refractivity (Wildman–Crippen MR) is 111 cm³/mol. The Hall–Kier alpha value is -0.910. The highest BCUT2D eigenvalue weighted by atomic mass is 79.9. The molecule has 4 nitrogen and oxygen atoms in total. The molecular formula is C22H33BrO4. The molecule has 0 aromatic heterocycles. The van der Waals surface area contributed by atoms with Crippen LogP contribution in [0.2, 0.25) is 0 Å². The van der Waals surface area contributed by atoms with E-state index in [1.165, 1.54) is 38.5 Å². The highest BCUT2D eigenvalue weighted by Crippen LogP contribution is 2.28. The second kappa shape index (κ2) is 12.5. The Morgan fingerprint density at radius 2 is 1.74 bits per heavy atom. The van der Waals surface area contributed by atoms with Gasteiger partial charge in [0.15, 0.2) is 6.29 Å². The summed E-state index contributed by atoms with van der Waals surface area (Å²) in [7, 11) is 0. The van der Waals surface area contributed by atoms with Gasteiger partial charge in [-0.05, 0) is 25.0 Å². The van der Waals surface area contributed by atoms with Crippen LogP contribution in [0.5, 0.6) is 5.75 Å². The first kappa shape index (κ1) is 22.4. The molecule has 0 aliphatic carbocycles. The number of esters is 1. The number of carbonyl (C=O) groups excluding carboxylic acids is 1. The monoisotopic (exact) mass is 440 g/mol. The first-order valence-corrected chi connectivity index (χ1v) is 11.2. The van der Waals surface area contributed by atoms with Crippen molar-refractivity contribution in [2.75, 3.05) is 13.2 Å². The molecule has 0 saturated carbocycles. The summed E-state index contributed by atoms with van der Waals surface area (Å²) < 4.78 is 17.2. The molecule has 5 heteroatoms. The Morgan fingerprint density at radius 3 is 2.37 bits per heavy atom. The summed E-state index contributed by atoms with van der Waals surface area (Å²) >= 11 is 3.36. The Labute approximate surface area is 172 Å². The van der Waals surface area contributed by atoms with E-state index >= 15 is 0 Å². The Bertz CT molecular complexity index is 538. The fourth-order valence-electron chi connectivity index (χ4n) is 3.18. The Morgan fingerprint density at radius 1 is 1.07 bits per heavy atom. The van der Waals surface area contributed by atoms with Crippen molar-refractivity contribution in [2.45, 2.75) is 76.3 Å². The highest BCUT2D eigenvalue weighted by molar-refractivity contribution is 9.10. The molecule has 1 aromatic carbocycles. The number of rotatable bonds is 11. The molecule has 1 unspecified atom stereocenters. The lowest BCUT2D eigenvalue weighted by molar-refractivity contribution is -0.206. The van der Waals surface area contributed by atoms with E-state index in [4.69, 9.17) is 14.2 Å². The van der Waals surface area contributed by atoms with Gasteiger partial charge in [-0.1, -0.05) is 80.4 Å². The molecular weight excluding hydrogens is 408 g/mol. The minimum absolute atomic E-state index is 0.253. The standard InChI is InChI=1S/C22H33BrO4/c1-3-5-6-7-8-10-17-15-25-22(26-16-17)18-11-13-19(14-12-18)27-21(24)20(23)9-4-2/h11-14,17,20,22H,3-10,15-16H2,1-2H3. The lowest BCUT2D eigenvalue weighted by Crippen LogP contribution is -2.27. The third kappa shape index (κ3) is 7.92. The second-order valence-corrected chi connectivity index (χ2v) is 8.42. The van der Waals surface area contributed by atoms with E-state index in [1.54, 1.807) is 12.1 Å². The molecule has 0 spiro atoms. The molecule has 1 fully saturated rings. The van der Waals surface area contributed by atoms with Gasteiger partial charge >= 0.3 is 5.97 Å². The van der Waals surface area contributed by atoms with E-state index in [0.717, 1.165) is 31.6 Å². The lowest BCUT2D eigenvalue weighted by atomic mass is 10.0.